The summed E-state index contributed by atoms with van der Waals surface area (Å²) < 4.78 is 40.6. The van der Waals surface area contributed by atoms with Crippen molar-refractivity contribution in [2.24, 2.45) is 0 Å². The highest BCUT2D eigenvalue weighted by Gasteiger charge is 2.45. The molecule has 196 valence electrons. The first-order chi connectivity index (χ1) is 17.5. The van der Waals surface area contributed by atoms with Crippen LogP contribution in [-0.2, 0) is 16.4 Å². The van der Waals surface area contributed by atoms with Crippen LogP contribution in [0.4, 0.5) is 5.69 Å². The minimum Gasteiger partial charge on any atom is -0.495 e. The molecular formula is C28H32N2O6S. The molecule has 3 aromatic carbocycles. The van der Waals surface area contributed by atoms with E-state index in [-0.39, 0.29) is 10.5 Å². The maximum atomic E-state index is 13.3. The number of anilines is 1. The summed E-state index contributed by atoms with van der Waals surface area (Å²) in [4.78, 5) is 13.3. The van der Waals surface area contributed by atoms with Gasteiger partial charge in [0.1, 0.15) is 23.2 Å². The van der Waals surface area contributed by atoms with Crippen LogP contribution < -0.4 is 19.5 Å². The average Bonchev–Trinajstić information content (AvgIpc) is 2.87. The fraction of sp³-hybridized carbons (Fsp3) is 0.321. The van der Waals surface area contributed by atoms with Gasteiger partial charge in [0, 0.05) is 11.1 Å². The maximum absolute atomic E-state index is 13.3. The Morgan fingerprint density at radius 3 is 2.46 bits per heavy atom. The second-order valence-electron chi connectivity index (χ2n) is 9.61. The van der Waals surface area contributed by atoms with Crippen LogP contribution in [0.5, 0.6) is 11.5 Å². The Labute approximate surface area is 217 Å². The summed E-state index contributed by atoms with van der Waals surface area (Å²) in [6.07, 6.45) is -0.438. The SMILES string of the molecule is CCc1ccc(S(=O)(=O)N[C@@H]2c3cc(C(=O)Nc4c(C)cccc4OC)ccc3OC(C)(C)[C@H]2O)cc1. The highest BCUT2D eigenvalue weighted by molar-refractivity contribution is 7.89. The summed E-state index contributed by atoms with van der Waals surface area (Å²) in [6.45, 7) is 7.21. The van der Waals surface area contributed by atoms with Gasteiger partial charge in [-0.15, -0.1) is 0 Å². The van der Waals surface area contributed by atoms with E-state index in [1.807, 2.05) is 26.0 Å². The van der Waals surface area contributed by atoms with Gasteiger partial charge < -0.3 is 19.9 Å². The zero-order chi connectivity index (χ0) is 27.0. The first-order valence-corrected chi connectivity index (χ1v) is 13.5. The smallest absolute Gasteiger partial charge is 0.255 e. The number of ether oxygens (including phenoxy) is 2. The molecule has 0 fully saturated rings. The molecule has 1 aliphatic heterocycles. The zero-order valence-electron chi connectivity index (χ0n) is 21.5. The Bertz CT molecular complexity index is 1420. The van der Waals surface area contributed by atoms with Crippen LogP contribution in [0.2, 0.25) is 0 Å². The molecule has 2 atom stereocenters. The quantitative estimate of drug-likeness (QED) is 0.423. The summed E-state index contributed by atoms with van der Waals surface area (Å²) in [7, 11) is -2.47. The number of methoxy groups -OCH3 is 1. The third-order valence-corrected chi connectivity index (χ3v) is 8.08. The molecule has 8 nitrogen and oxygen atoms in total. The number of carbonyl (C=O) groups is 1. The number of aliphatic hydroxyl groups excluding tert-OH is 1. The van der Waals surface area contributed by atoms with E-state index in [4.69, 9.17) is 9.47 Å². The second-order valence-corrected chi connectivity index (χ2v) is 11.3. The van der Waals surface area contributed by atoms with Crippen LogP contribution in [-0.4, -0.2) is 38.2 Å². The first kappa shape index (κ1) is 26.7. The number of benzene rings is 3. The molecule has 4 rings (SSSR count). The van der Waals surface area contributed by atoms with Crippen molar-refractivity contribution in [2.45, 2.75) is 56.8 Å². The molecule has 0 bridgehead atoms. The van der Waals surface area contributed by atoms with Gasteiger partial charge in [-0.1, -0.05) is 31.2 Å². The summed E-state index contributed by atoms with van der Waals surface area (Å²) in [5, 5.41) is 14.0. The number of amides is 1. The Balaban J connectivity index is 1.70. The summed E-state index contributed by atoms with van der Waals surface area (Å²) in [6, 6.07) is 15.7. The molecule has 9 heteroatoms. The third kappa shape index (κ3) is 5.34. The molecule has 1 heterocycles. The van der Waals surface area contributed by atoms with E-state index in [1.54, 1.807) is 62.4 Å². The number of hydrogen-bond acceptors (Lipinski definition) is 6. The van der Waals surface area contributed by atoms with Crippen molar-refractivity contribution in [3.63, 3.8) is 0 Å². The Kier molecular flexibility index (Phi) is 7.32. The van der Waals surface area contributed by atoms with E-state index < -0.39 is 33.7 Å². The first-order valence-electron chi connectivity index (χ1n) is 12.0. The Morgan fingerprint density at radius 1 is 1.11 bits per heavy atom. The third-order valence-electron chi connectivity index (χ3n) is 6.63. The van der Waals surface area contributed by atoms with Gasteiger partial charge in [0.15, 0.2) is 0 Å². The van der Waals surface area contributed by atoms with Crippen molar-refractivity contribution < 1.29 is 27.8 Å². The molecule has 3 N–H and O–H groups in total. The lowest BCUT2D eigenvalue weighted by Gasteiger charge is -2.42. The van der Waals surface area contributed by atoms with Crippen molar-refractivity contribution in [1.82, 2.24) is 4.72 Å². The lowest BCUT2D eigenvalue weighted by atomic mass is 9.86. The van der Waals surface area contributed by atoms with Crippen LogP contribution in [0.15, 0.2) is 65.6 Å². The van der Waals surface area contributed by atoms with Gasteiger partial charge in [0.25, 0.3) is 5.91 Å². The molecule has 0 saturated carbocycles. The number of sulfonamides is 1. The monoisotopic (exact) mass is 524 g/mol. The molecule has 0 aliphatic carbocycles. The normalized spacial score (nSPS) is 18.4. The zero-order valence-corrected chi connectivity index (χ0v) is 22.3. The maximum Gasteiger partial charge on any atom is 0.255 e. The van der Waals surface area contributed by atoms with E-state index in [9.17, 15) is 18.3 Å². The Hall–Kier alpha value is -3.40. The molecule has 0 spiro atoms. The van der Waals surface area contributed by atoms with Crippen molar-refractivity contribution in [3.05, 3.63) is 82.9 Å². The summed E-state index contributed by atoms with van der Waals surface area (Å²) in [5.41, 5.74) is 1.94. The van der Waals surface area contributed by atoms with E-state index in [0.717, 1.165) is 17.5 Å². The highest BCUT2D eigenvalue weighted by atomic mass is 32.2. The van der Waals surface area contributed by atoms with Gasteiger partial charge in [-0.3, -0.25) is 4.79 Å². The number of nitrogens with one attached hydrogen (secondary N) is 2. The van der Waals surface area contributed by atoms with Crippen LogP contribution in [0.25, 0.3) is 0 Å². The molecule has 0 aromatic heterocycles. The number of aryl methyl sites for hydroxylation is 2. The molecule has 1 amide bonds. The number of para-hydroxylation sites is 1. The van der Waals surface area contributed by atoms with Gasteiger partial charge in [0.2, 0.25) is 10.0 Å². The van der Waals surface area contributed by atoms with Gasteiger partial charge in [-0.2, -0.15) is 0 Å². The minimum atomic E-state index is -3.99. The Morgan fingerprint density at radius 2 is 1.81 bits per heavy atom. The average molecular weight is 525 g/mol. The van der Waals surface area contributed by atoms with E-state index in [1.165, 1.54) is 7.11 Å². The van der Waals surface area contributed by atoms with Crippen LogP contribution in [0.1, 0.15) is 53.9 Å². The molecule has 0 radical (unpaired) electrons. The minimum absolute atomic E-state index is 0.0864. The van der Waals surface area contributed by atoms with Gasteiger partial charge in [-0.05, 0) is 74.7 Å². The predicted octanol–water partition coefficient (Wildman–Crippen LogP) is 4.37. The largest absolute Gasteiger partial charge is 0.495 e. The van der Waals surface area contributed by atoms with Crippen molar-refractivity contribution in [1.29, 1.82) is 0 Å². The molecule has 0 saturated heterocycles. The summed E-state index contributed by atoms with van der Waals surface area (Å²) >= 11 is 0. The molecule has 3 aromatic rings. The number of fused-ring (bicyclic) bond motifs is 1. The van der Waals surface area contributed by atoms with E-state index in [0.29, 0.717) is 22.7 Å². The standard InChI is InChI=1S/C28H32N2O6S/c1-6-18-10-13-20(14-11-18)37(33,34)30-25-21-16-19(12-15-22(21)36-28(3,4)26(25)31)27(32)29-24-17(2)8-7-9-23(24)35-5/h7-16,25-26,30-31H,6H2,1-5H3,(H,29,32)/t25-,26+/m1/s1. The molecule has 1 aliphatic rings. The molecule has 0 unspecified atom stereocenters. The lowest BCUT2D eigenvalue weighted by Crippen LogP contribution is -2.53. The lowest BCUT2D eigenvalue weighted by molar-refractivity contribution is -0.0603. The predicted molar refractivity (Wildman–Crippen MR) is 142 cm³/mol. The number of aliphatic hydroxyl groups is 1. The van der Waals surface area contributed by atoms with Crippen molar-refractivity contribution in [3.8, 4) is 11.5 Å². The van der Waals surface area contributed by atoms with Gasteiger partial charge in [-0.25, -0.2) is 13.1 Å². The van der Waals surface area contributed by atoms with Crippen LogP contribution in [0.3, 0.4) is 0 Å². The number of rotatable bonds is 7. The number of hydrogen-bond donors (Lipinski definition) is 3. The fourth-order valence-corrected chi connectivity index (χ4v) is 5.59. The van der Waals surface area contributed by atoms with Crippen molar-refractivity contribution in [2.75, 3.05) is 12.4 Å². The second kappa shape index (κ2) is 10.2. The fourth-order valence-electron chi connectivity index (χ4n) is 4.37. The highest BCUT2D eigenvalue weighted by Crippen LogP contribution is 2.41. The van der Waals surface area contributed by atoms with Crippen LogP contribution in [0, 0.1) is 6.92 Å². The molecule has 37 heavy (non-hydrogen) atoms. The topological polar surface area (TPSA) is 114 Å². The number of carbonyl (C=O) groups excluding carboxylic acids is 1. The van der Waals surface area contributed by atoms with Crippen molar-refractivity contribution >= 4 is 21.6 Å². The van der Waals surface area contributed by atoms with Gasteiger partial charge in [0.05, 0.1) is 23.7 Å². The summed E-state index contributed by atoms with van der Waals surface area (Å²) in [5.74, 6) is 0.493. The van der Waals surface area contributed by atoms with E-state index >= 15 is 0 Å². The van der Waals surface area contributed by atoms with E-state index in [2.05, 4.69) is 10.0 Å². The van der Waals surface area contributed by atoms with Crippen LogP contribution >= 0.6 is 0 Å². The molecular weight excluding hydrogens is 492 g/mol. The van der Waals surface area contributed by atoms with Gasteiger partial charge >= 0.3 is 0 Å².